The van der Waals surface area contributed by atoms with Gasteiger partial charge in [0.15, 0.2) is 0 Å². The predicted molar refractivity (Wildman–Crippen MR) is 110 cm³/mol. The number of H-pyrrole nitrogens is 1. The zero-order valence-electron chi connectivity index (χ0n) is 16.8. The Labute approximate surface area is 170 Å². The molecule has 0 unspecified atom stereocenters. The van der Waals surface area contributed by atoms with Gasteiger partial charge < -0.3 is 15.0 Å². The topological polar surface area (TPSA) is 128 Å². The fourth-order valence-electron chi connectivity index (χ4n) is 2.82. The number of rotatable bonds is 6. The quantitative estimate of drug-likeness (QED) is 0.594. The van der Waals surface area contributed by atoms with E-state index in [1.807, 2.05) is 0 Å². The molecule has 2 N–H and O–H groups in total. The van der Waals surface area contributed by atoms with E-state index < -0.39 is 17.2 Å². The lowest BCUT2D eigenvalue weighted by molar-refractivity contribution is 0.0949. The third-order valence-electron chi connectivity index (χ3n) is 4.71. The molecule has 0 radical (unpaired) electrons. The molecule has 0 bridgehead atoms. The summed E-state index contributed by atoms with van der Waals surface area (Å²) in [7, 11) is 1.50. The van der Waals surface area contributed by atoms with Gasteiger partial charge in [0.05, 0.1) is 19.1 Å². The molecule has 3 aromatic rings. The van der Waals surface area contributed by atoms with Gasteiger partial charge in [-0.05, 0) is 38.1 Å². The van der Waals surface area contributed by atoms with E-state index in [1.54, 1.807) is 26.0 Å². The average molecular weight is 411 g/mol. The van der Waals surface area contributed by atoms with E-state index in [2.05, 4.69) is 15.3 Å². The zero-order chi connectivity index (χ0) is 21.8. The fraction of sp³-hybridized carbons (Fsp3) is 0.250. The average Bonchev–Trinajstić information content (AvgIpc) is 2.74. The molecule has 0 atom stereocenters. The Kier molecular flexibility index (Phi) is 5.95. The molecule has 0 aliphatic carbocycles. The molecular weight excluding hydrogens is 390 g/mol. The lowest BCUT2D eigenvalue weighted by Crippen LogP contribution is -2.40. The molecule has 0 saturated carbocycles. The van der Waals surface area contributed by atoms with Crippen molar-refractivity contribution >= 4 is 5.91 Å². The lowest BCUT2D eigenvalue weighted by atomic mass is 10.2. The molecule has 2 aromatic heterocycles. The van der Waals surface area contributed by atoms with E-state index in [9.17, 15) is 19.2 Å². The highest BCUT2D eigenvalue weighted by molar-refractivity contribution is 5.93. The number of carbonyl (C=O) groups excluding carboxylic acids is 1. The molecule has 2 heterocycles. The molecule has 10 nitrogen and oxygen atoms in total. The monoisotopic (exact) mass is 411 g/mol. The third-order valence-corrected chi connectivity index (χ3v) is 4.71. The van der Waals surface area contributed by atoms with Crippen LogP contribution in [-0.4, -0.2) is 38.7 Å². The first-order valence-electron chi connectivity index (χ1n) is 9.13. The van der Waals surface area contributed by atoms with E-state index in [1.165, 1.54) is 30.1 Å². The first-order valence-corrected chi connectivity index (χ1v) is 9.13. The maximum absolute atomic E-state index is 12.7. The molecule has 10 heteroatoms. The van der Waals surface area contributed by atoms with Crippen LogP contribution in [0.2, 0.25) is 0 Å². The Hall–Kier alpha value is -3.95. The van der Waals surface area contributed by atoms with Gasteiger partial charge in [0, 0.05) is 30.5 Å². The lowest BCUT2D eigenvalue weighted by Gasteiger charge is -2.10. The van der Waals surface area contributed by atoms with Crippen LogP contribution in [0.25, 0.3) is 5.69 Å². The minimum atomic E-state index is -0.758. The Morgan fingerprint density at radius 2 is 1.83 bits per heavy atom. The van der Waals surface area contributed by atoms with Crippen molar-refractivity contribution in [2.24, 2.45) is 0 Å². The van der Waals surface area contributed by atoms with Crippen molar-refractivity contribution in [3.63, 3.8) is 0 Å². The van der Waals surface area contributed by atoms with Gasteiger partial charge in [-0.15, -0.1) is 0 Å². The molecule has 1 aromatic carbocycles. The molecule has 156 valence electrons. The van der Waals surface area contributed by atoms with Crippen LogP contribution in [0.5, 0.6) is 5.75 Å². The van der Waals surface area contributed by atoms with Crippen molar-refractivity contribution in [3.8, 4) is 11.4 Å². The van der Waals surface area contributed by atoms with Crippen LogP contribution in [0.4, 0.5) is 0 Å². The van der Waals surface area contributed by atoms with Crippen LogP contribution < -0.4 is 26.9 Å². The van der Waals surface area contributed by atoms with E-state index >= 15 is 0 Å². The summed E-state index contributed by atoms with van der Waals surface area (Å²) in [5.74, 6) is -0.100. The highest BCUT2D eigenvalue weighted by Gasteiger charge is 2.16. The molecule has 0 fully saturated rings. The van der Waals surface area contributed by atoms with Crippen LogP contribution in [0, 0.1) is 13.8 Å². The van der Waals surface area contributed by atoms with Gasteiger partial charge in [-0.25, -0.2) is 14.3 Å². The highest BCUT2D eigenvalue weighted by Crippen LogP contribution is 2.12. The molecule has 0 spiro atoms. The van der Waals surface area contributed by atoms with Crippen molar-refractivity contribution in [1.29, 1.82) is 0 Å². The Morgan fingerprint density at radius 1 is 1.13 bits per heavy atom. The first-order chi connectivity index (χ1) is 14.3. The van der Waals surface area contributed by atoms with Crippen molar-refractivity contribution in [1.82, 2.24) is 24.4 Å². The van der Waals surface area contributed by atoms with Crippen LogP contribution in [0.1, 0.15) is 21.6 Å². The van der Waals surface area contributed by atoms with Gasteiger partial charge in [-0.3, -0.25) is 19.0 Å². The summed E-state index contributed by atoms with van der Waals surface area (Å²) in [4.78, 5) is 56.1. The number of nitrogens with zero attached hydrogens (tertiary/aromatic N) is 3. The zero-order valence-corrected chi connectivity index (χ0v) is 16.8. The number of ether oxygens (including phenoxy) is 1. The van der Waals surface area contributed by atoms with Crippen molar-refractivity contribution in [3.05, 3.63) is 84.8 Å². The van der Waals surface area contributed by atoms with Gasteiger partial charge >= 0.3 is 5.69 Å². The second-order valence-corrected chi connectivity index (χ2v) is 6.56. The van der Waals surface area contributed by atoms with Crippen molar-refractivity contribution in [2.45, 2.75) is 20.4 Å². The van der Waals surface area contributed by atoms with Crippen molar-refractivity contribution < 1.29 is 9.53 Å². The van der Waals surface area contributed by atoms with Gasteiger partial charge in [-0.1, -0.05) is 0 Å². The number of aromatic nitrogens is 4. The second-order valence-electron chi connectivity index (χ2n) is 6.56. The van der Waals surface area contributed by atoms with E-state index in [4.69, 9.17) is 4.74 Å². The van der Waals surface area contributed by atoms with Gasteiger partial charge in [0.25, 0.3) is 17.0 Å². The number of carbonyl (C=O) groups is 1. The summed E-state index contributed by atoms with van der Waals surface area (Å²) in [6.07, 6.45) is 2.48. The Morgan fingerprint density at radius 3 is 2.50 bits per heavy atom. The number of aromatic amines is 1. The number of nitrogens with one attached hydrogen (secondary N) is 2. The van der Waals surface area contributed by atoms with Crippen LogP contribution >= 0.6 is 0 Å². The van der Waals surface area contributed by atoms with E-state index in [-0.39, 0.29) is 24.2 Å². The molecule has 0 aliphatic heterocycles. The summed E-state index contributed by atoms with van der Waals surface area (Å²) in [5, 5.41) is 2.58. The predicted octanol–water partition coefficient (Wildman–Crippen LogP) is 0.138. The number of hydrogen-bond acceptors (Lipinski definition) is 6. The highest BCUT2D eigenvalue weighted by atomic mass is 16.5. The fourth-order valence-corrected chi connectivity index (χ4v) is 2.82. The SMILES string of the molecule is COc1ccc(-n2c(=O)[nH]cc(C(=O)NCCn3cnc(C)c(C)c3=O)c2=O)cc1. The normalized spacial score (nSPS) is 10.6. The standard InChI is InChI=1S/C20H21N5O5/c1-12-13(2)23-11-24(18(12)27)9-8-21-17(26)16-10-22-20(29)25(19(16)28)14-4-6-15(30-3)7-5-14/h4-7,10-11H,8-9H2,1-3H3,(H,21,26)(H,22,29). The van der Waals surface area contributed by atoms with Crippen LogP contribution in [-0.2, 0) is 6.54 Å². The molecule has 0 aliphatic rings. The number of hydrogen-bond donors (Lipinski definition) is 2. The second kappa shape index (κ2) is 8.60. The maximum Gasteiger partial charge on any atom is 0.333 e. The molecular formula is C20H21N5O5. The largest absolute Gasteiger partial charge is 0.497 e. The summed E-state index contributed by atoms with van der Waals surface area (Å²) < 4.78 is 7.31. The minimum Gasteiger partial charge on any atom is -0.497 e. The van der Waals surface area contributed by atoms with Gasteiger partial charge in [0.1, 0.15) is 11.3 Å². The summed E-state index contributed by atoms with van der Waals surface area (Å²) >= 11 is 0. The van der Waals surface area contributed by atoms with Gasteiger partial charge in [0.2, 0.25) is 0 Å². The number of methoxy groups -OCH3 is 1. The number of benzene rings is 1. The molecule has 1 amide bonds. The molecule has 0 saturated heterocycles. The van der Waals surface area contributed by atoms with E-state index in [0.717, 1.165) is 10.8 Å². The summed E-state index contributed by atoms with van der Waals surface area (Å²) in [5.41, 5.74) is -0.372. The maximum atomic E-state index is 12.7. The van der Waals surface area contributed by atoms with Gasteiger partial charge in [-0.2, -0.15) is 0 Å². The molecule has 30 heavy (non-hydrogen) atoms. The number of amides is 1. The van der Waals surface area contributed by atoms with Crippen molar-refractivity contribution in [2.75, 3.05) is 13.7 Å². The summed E-state index contributed by atoms with van der Waals surface area (Å²) in [6.45, 7) is 3.72. The third kappa shape index (κ3) is 4.07. The van der Waals surface area contributed by atoms with Crippen LogP contribution in [0.3, 0.4) is 0 Å². The Bertz CT molecular complexity index is 1250. The molecule has 3 rings (SSSR count). The Balaban J connectivity index is 1.80. The smallest absolute Gasteiger partial charge is 0.333 e. The van der Waals surface area contributed by atoms with E-state index in [0.29, 0.717) is 22.7 Å². The van der Waals surface area contributed by atoms with Crippen LogP contribution in [0.15, 0.2) is 51.2 Å². The minimum absolute atomic E-state index is 0.101. The first kappa shape index (κ1) is 20.8. The summed E-state index contributed by atoms with van der Waals surface area (Å²) in [6, 6.07) is 6.28. The number of aryl methyl sites for hydroxylation is 1.